The van der Waals surface area contributed by atoms with Crippen molar-refractivity contribution < 1.29 is 0 Å². The van der Waals surface area contributed by atoms with Crippen molar-refractivity contribution in [1.29, 1.82) is 0 Å². The van der Waals surface area contributed by atoms with Gasteiger partial charge in [-0.05, 0) is 50.2 Å². The van der Waals surface area contributed by atoms with Gasteiger partial charge >= 0.3 is 0 Å². The van der Waals surface area contributed by atoms with Gasteiger partial charge in [-0.25, -0.2) is 0 Å². The molecule has 0 bridgehead atoms. The Morgan fingerprint density at radius 3 is 2.68 bits per heavy atom. The lowest BCUT2D eigenvalue weighted by molar-refractivity contribution is 0.304. The monoisotopic (exact) mass is 276 g/mol. The molecule has 0 aliphatic rings. The molecule has 0 aliphatic heterocycles. The second-order valence-electron chi connectivity index (χ2n) is 6.17. The minimum atomic E-state index is 0.204. The molecule has 0 spiro atoms. The van der Waals surface area contributed by atoms with E-state index in [4.69, 9.17) is 0 Å². The van der Waals surface area contributed by atoms with Gasteiger partial charge < -0.3 is 10.2 Å². The standard InChI is InChI=1S/C16H24N2S/c1-16(2,3)17-9-10-18(4)11-13-12-19-15-8-6-5-7-14(13)15/h5-8,12,17H,9-11H2,1-4H3. The van der Waals surface area contributed by atoms with E-state index in [1.807, 2.05) is 11.3 Å². The van der Waals surface area contributed by atoms with Crippen molar-refractivity contribution in [3.63, 3.8) is 0 Å². The van der Waals surface area contributed by atoms with Crippen molar-refractivity contribution in [3.05, 3.63) is 35.2 Å². The van der Waals surface area contributed by atoms with Crippen LogP contribution in [0.25, 0.3) is 10.1 Å². The molecule has 0 amide bonds. The van der Waals surface area contributed by atoms with Crippen LogP contribution in [0.2, 0.25) is 0 Å². The van der Waals surface area contributed by atoms with E-state index in [-0.39, 0.29) is 5.54 Å². The van der Waals surface area contributed by atoms with Gasteiger partial charge in [-0.1, -0.05) is 18.2 Å². The Labute approximate surface area is 120 Å². The first-order valence-corrected chi connectivity index (χ1v) is 7.72. The molecule has 0 fully saturated rings. The molecule has 2 aromatic rings. The first kappa shape index (κ1) is 14.5. The average Bonchev–Trinajstić information content (AvgIpc) is 2.71. The summed E-state index contributed by atoms with van der Waals surface area (Å²) in [5, 5.41) is 7.23. The molecule has 104 valence electrons. The van der Waals surface area contributed by atoms with Gasteiger partial charge in [0.15, 0.2) is 0 Å². The Hall–Kier alpha value is -0.900. The SMILES string of the molecule is CN(CCNC(C)(C)C)Cc1csc2ccccc12. The van der Waals surface area contributed by atoms with Crippen LogP contribution >= 0.6 is 11.3 Å². The van der Waals surface area contributed by atoms with E-state index >= 15 is 0 Å². The highest BCUT2D eigenvalue weighted by atomic mass is 32.1. The smallest absolute Gasteiger partial charge is 0.0346 e. The Balaban J connectivity index is 1.90. The molecule has 0 atom stereocenters. The first-order chi connectivity index (χ1) is 8.96. The molecular weight excluding hydrogens is 252 g/mol. The minimum Gasteiger partial charge on any atom is -0.311 e. The number of fused-ring (bicyclic) bond motifs is 1. The third kappa shape index (κ3) is 4.30. The third-order valence-corrected chi connectivity index (χ3v) is 4.16. The summed E-state index contributed by atoms with van der Waals surface area (Å²) in [5.74, 6) is 0. The number of nitrogens with one attached hydrogen (secondary N) is 1. The van der Waals surface area contributed by atoms with Crippen molar-refractivity contribution in [2.45, 2.75) is 32.9 Å². The molecule has 0 aliphatic carbocycles. The molecule has 1 aromatic carbocycles. The molecule has 1 heterocycles. The van der Waals surface area contributed by atoms with E-state index in [9.17, 15) is 0 Å². The molecule has 1 N–H and O–H groups in total. The van der Waals surface area contributed by atoms with E-state index in [1.54, 1.807) is 0 Å². The van der Waals surface area contributed by atoms with Crippen LogP contribution in [0.15, 0.2) is 29.6 Å². The lowest BCUT2D eigenvalue weighted by Crippen LogP contribution is -2.40. The zero-order valence-electron chi connectivity index (χ0n) is 12.4. The quantitative estimate of drug-likeness (QED) is 0.895. The number of hydrogen-bond donors (Lipinski definition) is 1. The molecule has 0 radical (unpaired) electrons. The van der Waals surface area contributed by atoms with E-state index in [2.05, 4.69) is 67.7 Å². The predicted octanol–water partition coefficient (Wildman–Crippen LogP) is 3.72. The highest BCUT2D eigenvalue weighted by molar-refractivity contribution is 7.17. The molecular formula is C16H24N2S. The number of thiophene rings is 1. The van der Waals surface area contributed by atoms with Crippen LogP contribution in [0.4, 0.5) is 0 Å². The van der Waals surface area contributed by atoms with E-state index in [0.717, 1.165) is 19.6 Å². The molecule has 3 heteroatoms. The van der Waals surface area contributed by atoms with Gasteiger partial charge in [0.05, 0.1) is 0 Å². The Morgan fingerprint density at radius 2 is 1.95 bits per heavy atom. The maximum absolute atomic E-state index is 3.53. The Kier molecular flexibility index (Phi) is 4.61. The molecule has 19 heavy (non-hydrogen) atoms. The van der Waals surface area contributed by atoms with Gasteiger partial charge in [-0.2, -0.15) is 0 Å². The fraction of sp³-hybridized carbons (Fsp3) is 0.500. The van der Waals surface area contributed by atoms with Gasteiger partial charge in [-0.3, -0.25) is 0 Å². The van der Waals surface area contributed by atoms with Gasteiger partial charge in [0.2, 0.25) is 0 Å². The lowest BCUT2D eigenvalue weighted by Gasteiger charge is -2.23. The van der Waals surface area contributed by atoms with Crippen molar-refractivity contribution in [2.75, 3.05) is 20.1 Å². The number of hydrogen-bond acceptors (Lipinski definition) is 3. The lowest BCUT2D eigenvalue weighted by atomic mass is 10.1. The summed E-state index contributed by atoms with van der Waals surface area (Å²) in [6.07, 6.45) is 0. The molecule has 0 saturated heterocycles. The van der Waals surface area contributed by atoms with Gasteiger partial charge in [0.1, 0.15) is 0 Å². The van der Waals surface area contributed by atoms with E-state index in [0.29, 0.717) is 0 Å². The van der Waals surface area contributed by atoms with E-state index in [1.165, 1.54) is 15.6 Å². The van der Waals surface area contributed by atoms with Crippen molar-refractivity contribution >= 4 is 21.4 Å². The summed E-state index contributed by atoms with van der Waals surface area (Å²) in [5.41, 5.74) is 1.65. The maximum atomic E-state index is 3.53. The number of likely N-dealkylation sites (N-methyl/N-ethyl adjacent to an activating group) is 1. The second-order valence-corrected chi connectivity index (χ2v) is 7.08. The zero-order chi connectivity index (χ0) is 13.9. The molecule has 2 rings (SSSR count). The Bertz CT molecular complexity index is 525. The predicted molar refractivity (Wildman–Crippen MR) is 85.9 cm³/mol. The number of nitrogens with zero attached hydrogens (tertiary/aromatic N) is 1. The van der Waals surface area contributed by atoms with Gasteiger partial charge in [0, 0.05) is 29.9 Å². The largest absolute Gasteiger partial charge is 0.311 e. The fourth-order valence-electron chi connectivity index (χ4n) is 2.15. The van der Waals surface area contributed by atoms with Crippen LogP contribution in [0.1, 0.15) is 26.3 Å². The second kappa shape index (κ2) is 6.04. The summed E-state index contributed by atoms with van der Waals surface area (Å²) in [4.78, 5) is 2.38. The van der Waals surface area contributed by atoms with Gasteiger partial charge in [-0.15, -0.1) is 11.3 Å². The van der Waals surface area contributed by atoms with Crippen molar-refractivity contribution in [1.82, 2.24) is 10.2 Å². The Morgan fingerprint density at radius 1 is 1.21 bits per heavy atom. The summed E-state index contributed by atoms with van der Waals surface area (Å²) < 4.78 is 1.39. The summed E-state index contributed by atoms with van der Waals surface area (Å²) in [6.45, 7) is 9.75. The van der Waals surface area contributed by atoms with Crippen LogP contribution in [-0.4, -0.2) is 30.6 Å². The van der Waals surface area contributed by atoms with Crippen LogP contribution in [-0.2, 0) is 6.54 Å². The van der Waals surface area contributed by atoms with Crippen LogP contribution in [0, 0.1) is 0 Å². The molecule has 1 aromatic heterocycles. The zero-order valence-corrected chi connectivity index (χ0v) is 13.2. The van der Waals surface area contributed by atoms with Crippen molar-refractivity contribution in [2.24, 2.45) is 0 Å². The summed E-state index contributed by atoms with van der Waals surface area (Å²) >= 11 is 1.84. The van der Waals surface area contributed by atoms with Gasteiger partial charge in [0.25, 0.3) is 0 Å². The highest BCUT2D eigenvalue weighted by Gasteiger charge is 2.10. The van der Waals surface area contributed by atoms with Crippen molar-refractivity contribution in [3.8, 4) is 0 Å². The van der Waals surface area contributed by atoms with E-state index < -0.39 is 0 Å². The fourth-order valence-corrected chi connectivity index (χ4v) is 3.10. The van der Waals surface area contributed by atoms with Crippen LogP contribution in [0.5, 0.6) is 0 Å². The molecule has 2 nitrogen and oxygen atoms in total. The topological polar surface area (TPSA) is 15.3 Å². The highest BCUT2D eigenvalue weighted by Crippen LogP contribution is 2.26. The third-order valence-electron chi connectivity index (χ3n) is 3.15. The summed E-state index contributed by atoms with van der Waals surface area (Å²) in [6, 6.07) is 8.66. The number of benzene rings is 1. The molecule has 0 saturated carbocycles. The van der Waals surface area contributed by atoms with Crippen LogP contribution < -0.4 is 5.32 Å². The molecule has 0 unspecified atom stereocenters. The number of rotatable bonds is 5. The summed E-state index contributed by atoms with van der Waals surface area (Å²) in [7, 11) is 2.19. The minimum absolute atomic E-state index is 0.204. The maximum Gasteiger partial charge on any atom is 0.0346 e. The first-order valence-electron chi connectivity index (χ1n) is 6.84. The average molecular weight is 276 g/mol. The van der Waals surface area contributed by atoms with Crippen LogP contribution in [0.3, 0.4) is 0 Å². The normalized spacial score (nSPS) is 12.5.